The fourth-order valence-corrected chi connectivity index (χ4v) is 4.53. The quantitative estimate of drug-likeness (QED) is 0.149. The summed E-state index contributed by atoms with van der Waals surface area (Å²) in [5.74, 6) is 0.813. The molecule has 0 bridgehead atoms. The zero-order valence-electron chi connectivity index (χ0n) is 22.4. The number of benzene rings is 1. The average molecular weight is 499 g/mol. The summed E-state index contributed by atoms with van der Waals surface area (Å²) in [6.45, 7) is 16.2. The molecule has 0 aromatic heterocycles. The molecule has 0 heterocycles. The van der Waals surface area contributed by atoms with Gasteiger partial charge in [0, 0.05) is 20.6 Å². The lowest BCUT2D eigenvalue weighted by Crippen LogP contribution is -2.46. The number of hydrogen-bond donors (Lipinski definition) is 0. The van der Waals surface area contributed by atoms with Crippen molar-refractivity contribution in [2.45, 2.75) is 76.7 Å². The van der Waals surface area contributed by atoms with Gasteiger partial charge in [0.2, 0.25) is 0 Å². The zero-order chi connectivity index (χ0) is 25.6. The van der Waals surface area contributed by atoms with Crippen molar-refractivity contribution in [2.75, 3.05) is 41.5 Å². The average Bonchev–Trinajstić information content (AvgIpc) is 2.78. The predicted octanol–water partition coefficient (Wildman–Crippen LogP) is 5.55. The molecule has 0 N–H and O–H groups in total. The van der Waals surface area contributed by atoms with Crippen LogP contribution >= 0.6 is 0 Å². The molecule has 1 aromatic rings. The first-order valence-electron chi connectivity index (χ1n) is 11.8. The maximum absolute atomic E-state index is 6.71. The first kappa shape index (κ1) is 30.8. The van der Waals surface area contributed by atoms with Crippen molar-refractivity contribution in [3.05, 3.63) is 42.5 Å². The van der Waals surface area contributed by atoms with Gasteiger partial charge in [-0.2, -0.15) is 0 Å². The van der Waals surface area contributed by atoms with Gasteiger partial charge < -0.3 is 32.8 Å². The van der Waals surface area contributed by atoms with Crippen molar-refractivity contribution in [1.82, 2.24) is 0 Å². The molecule has 1 aromatic carbocycles. The molecule has 3 atom stereocenters. The van der Waals surface area contributed by atoms with Gasteiger partial charge in [-0.15, -0.1) is 6.58 Å². The summed E-state index contributed by atoms with van der Waals surface area (Å²) in [5.41, 5.74) is 1.05. The van der Waals surface area contributed by atoms with Crippen LogP contribution in [0.15, 0.2) is 36.9 Å². The first-order valence-corrected chi connectivity index (χ1v) is 14.7. The molecule has 7 nitrogen and oxygen atoms in total. The fraction of sp³-hybridized carbons (Fsp3) is 0.692. The van der Waals surface area contributed by atoms with Crippen molar-refractivity contribution < 1.29 is 32.8 Å². The lowest BCUT2D eigenvalue weighted by molar-refractivity contribution is -0.179. The lowest BCUT2D eigenvalue weighted by atomic mass is 10.0. The van der Waals surface area contributed by atoms with E-state index in [9.17, 15) is 0 Å². The molecule has 0 saturated heterocycles. The minimum Gasteiger partial charge on any atom is -0.497 e. The van der Waals surface area contributed by atoms with E-state index in [1.165, 1.54) is 0 Å². The summed E-state index contributed by atoms with van der Waals surface area (Å²) in [6.07, 6.45) is 2.54. The zero-order valence-corrected chi connectivity index (χ0v) is 23.4. The van der Waals surface area contributed by atoms with Crippen molar-refractivity contribution in [2.24, 2.45) is 0 Å². The molecule has 0 aliphatic heterocycles. The van der Waals surface area contributed by atoms with Crippen molar-refractivity contribution >= 4 is 8.32 Å². The smallest absolute Gasteiger partial charge is 0.192 e. The van der Waals surface area contributed by atoms with E-state index >= 15 is 0 Å². The Morgan fingerprint density at radius 1 is 0.941 bits per heavy atom. The van der Waals surface area contributed by atoms with Gasteiger partial charge in [-0.05, 0) is 42.2 Å². The van der Waals surface area contributed by atoms with Gasteiger partial charge in [-0.1, -0.05) is 39.0 Å². The van der Waals surface area contributed by atoms with Crippen LogP contribution in [0.4, 0.5) is 0 Å². The molecule has 8 heteroatoms. The van der Waals surface area contributed by atoms with Crippen molar-refractivity contribution in [3.63, 3.8) is 0 Å². The SMILES string of the molecule is C=CC[C@H](C[C@@H](OCOC)[C@@H](COCc1ccc(OC)cc1)OCOC)O[Si](C)(C)C(C)(C)C. The van der Waals surface area contributed by atoms with Gasteiger partial charge in [0.25, 0.3) is 0 Å². The van der Waals surface area contributed by atoms with Crippen LogP contribution in [-0.2, 0) is 34.7 Å². The Balaban J connectivity index is 2.93. The molecule has 0 radical (unpaired) electrons. The Hall–Kier alpha value is -1.26. The number of hydrogen-bond acceptors (Lipinski definition) is 7. The molecular formula is C26H46O7Si. The minimum absolute atomic E-state index is 0.0459. The van der Waals surface area contributed by atoms with E-state index in [2.05, 4.69) is 40.4 Å². The summed E-state index contributed by atoms with van der Waals surface area (Å²) >= 11 is 0. The van der Waals surface area contributed by atoms with Gasteiger partial charge in [-0.3, -0.25) is 0 Å². The van der Waals surface area contributed by atoms with E-state index in [0.717, 1.165) is 17.7 Å². The highest BCUT2D eigenvalue weighted by Crippen LogP contribution is 2.38. The predicted molar refractivity (Wildman–Crippen MR) is 138 cm³/mol. The van der Waals surface area contributed by atoms with E-state index < -0.39 is 8.32 Å². The summed E-state index contributed by atoms with van der Waals surface area (Å²) in [6, 6.07) is 7.80. The second-order valence-corrected chi connectivity index (χ2v) is 14.6. The largest absolute Gasteiger partial charge is 0.497 e. The van der Waals surface area contributed by atoms with Crippen molar-refractivity contribution in [1.29, 1.82) is 0 Å². The van der Waals surface area contributed by atoms with E-state index in [-0.39, 0.29) is 36.9 Å². The highest BCUT2D eigenvalue weighted by Gasteiger charge is 2.40. The Kier molecular flexibility index (Phi) is 14.2. The second-order valence-electron chi connectivity index (χ2n) is 9.85. The number of rotatable bonds is 18. The maximum Gasteiger partial charge on any atom is 0.192 e. The van der Waals surface area contributed by atoms with Crippen LogP contribution < -0.4 is 4.74 Å². The summed E-state index contributed by atoms with van der Waals surface area (Å²) < 4.78 is 40.4. The molecule has 1 rings (SSSR count). The third-order valence-electron chi connectivity index (χ3n) is 6.12. The third kappa shape index (κ3) is 11.0. The number of ether oxygens (including phenoxy) is 6. The van der Waals surface area contributed by atoms with Gasteiger partial charge in [0.05, 0.1) is 32.5 Å². The van der Waals surface area contributed by atoms with E-state index in [1.807, 2.05) is 30.3 Å². The molecule has 0 unspecified atom stereocenters. The Morgan fingerprint density at radius 2 is 1.53 bits per heavy atom. The van der Waals surface area contributed by atoms with Crippen LogP contribution in [-0.4, -0.2) is 68.2 Å². The molecule has 196 valence electrons. The Bertz CT molecular complexity index is 673. The molecule has 34 heavy (non-hydrogen) atoms. The van der Waals surface area contributed by atoms with E-state index in [0.29, 0.717) is 19.6 Å². The van der Waals surface area contributed by atoms with E-state index in [4.69, 9.17) is 32.8 Å². The molecule has 0 aliphatic rings. The lowest BCUT2D eigenvalue weighted by Gasteiger charge is -2.40. The summed E-state index contributed by atoms with van der Waals surface area (Å²) in [4.78, 5) is 0. The monoisotopic (exact) mass is 498 g/mol. The number of methoxy groups -OCH3 is 3. The highest BCUT2D eigenvalue weighted by molar-refractivity contribution is 6.74. The first-order chi connectivity index (χ1) is 16.1. The Labute approximate surface area is 207 Å². The topological polar surface area (TPSA) is 64.6 Å². The molecule has 0 fully saturated rings. The standard InChI is InChI=1S/C26H46O7Si/c1-10-11-23(33-34(8,9)26(2,3)4)16-24(31-19-27-5)25(32-20-28-6)18-30-17-21-12-14-22(29-7)15-13-21/h10,12-15,23-25H,1,11,16-20H2,2-9H3/t23-,24-,25-/m1/s1. The van der Waals surface area contributed by atoms with Crippen molar-refractivity contribution in [3.8, 4) is 5.75 Å². The molecule has 0 amide bonds. The molecular weight excluding hydrogens is 452 g/mol. The van der Waals surface area contributed by atoms with Crippen LogP contribution in [0.1, 0.15) is 39.2 Å². The molecule has 0 saturated carbocycles. The molecule has 0 aliphatic carbocycles. The third-order valence-corrected chi connectivity index (χ3v) is 10.7. The van der Waals surface area contributed by atoms with Gasteiger partial charge in [0.15, 0.2) is 8.32 Å². The van der Waals surface area contributed by atoms with Crippen LogP contribution in [0.2, 0.25) is 18.1 Å². The van der Waals surface area contributed by atoms with Crippen LogP contribution in [0, 0.1) is 0 Å². The van der Waals surface area contributed by atoms with Gasteiger partial charge in [-0.25, -0.2) is 0 Å². The van der Waals surface area contributed by atoms with Crippen LogP contribution in [0.25, 0.3) is 0 Å². The van der Waals surface area contributed by atoms with E-state index in [1.54, 1.807) is 21.3 Å². The second kappa shape index (κ2) is 15.7. The minimum atomic E-state index is -1.98. The fourth-order valence-electron chi connectivity index (χ4n) is 3.15. The van der Waals surface area contributed by atoms with Crippen LogP contribution in [0.5, 0.6) is 5.75 Å². The highest BCUT2D eigenvalue weighted by atomic mass is 28.4. The molecule has 0 spiro atoms. The maximum atomic E-state index is 6.71. The Morgan fingerprint density at radius 3 is 2.03 bits per heavy atom. The van der Waals surface area contributed by atoms with Gasteiger partial charge >= 0.3 is 0 Å². The normalized spacial score (nSPS) is 15.1. The van der Waals surface area contributed by atoms with Gasteiger partial charge in [0.1, 0.15) is 25.4 Å². The van der Waals surface area contributed by atoms with Crippen LogP contribution in [0.3, 0.4) is 0 Å². The summed E-state index contributed by atoms with van der Waals surface area (Å²) in [7, 11) is 2.87. The summed E-state index contributed by atoms with van der Waals surface area (Å²) in [5, 5.41) is 0.0999.